The van der Waals surface area contributed by atoms with E-state index in [4.69, 9.17) is 14.2 Å². The minimum Gasteiger partial charge on any atom is -0.465 e. The molecule has 0 spiro atoms. The summed E-state index contributed by atoms with van der Waals surface area (Å²) in [6.45, 7) is 10.4. The molecule has 24 heavy (non-hydrogen) atoms. The van der Waals surface area contributed by atoms with Crippen LogP contribution in [-0.2, 0) is 19.0 Å². The quantitative estimate of drug-likeness (QED) is 0.738. The van der Waals surface area contributed by atoms with E-state index in [0.717, 1.165) is 12.8 Å². The second-order valence-electron chi connectivity index (χ2n) is 8.21. The van der Waals surface area contributed by atoms with E-state index in [-0.39, 0.29) is 18.0 Å². The van der Waals surface area contributed by atoms with Crippen LogP contribution < -0.4 is 0 Å². The smallest absolute Gasteiger partial charge is 0.410 e. The van der Waals surface area contributed by atoms with Gasteiger partial charge in [-0.1, -0.05) is 0 Å². The lowest BCUT2D eigenvalue weighted by molar-refractivity contribution is -0.162. The first-order valence-corrected chi connectivity index (χ1v) is 8.92. The standard InChI is InChI=1S/C18H31NO5/c1-17(2,3)24-16(21)19-9-5-6-14(12-19)13-23-15(20)18(4)7-10-22-11-8-18/h14H,5-13H2,1-4H3/t14-/m0/s1. The monoisotopic (exact) mass is 341 g/mol. The molecule has 0 N–H and O–H groups in total. The molecule has 2 fully saturated rings. The number of likely N-dealkylation sites (tertiary alicyclic amines) is 1. The molecule has 2 rings (SSSR count). The fourth-order valence-corrected chi connectivity index (χ4v) is 3.09. The molecule has 0 unspecified atom stereocenters. The summed E-state index contributed by atoms with van der Waals surface area (Å²) in [4.78, 5) is 26.3. The first-order chi connectivity index (χ1) is 11.2. The molecule has 2 saturated heterocycles. The van der Waals surface area contributed by atoms with E-state index in [1.807, 2.05) is 27.7 Å². The van der Waals surface area contributed by atoms with Gasteiger partial charge in [-0.05, 0) is 53.4 Å². The Balaban J connectivity index is 1.80. The van der Waals surface area contributed by atoms with Crippen molar-refractivity contribution in [3.63, 3.8) is 0 Å². The molecule has 0 aliphatic carbocycles. The average molecular weight is 341 g/mol. The molecule has 0 aromatic heterocycles. The van der Waals surface area contributed by atoms with Crippen molar-refractivity contribution in [3.8, 4) is 0 Å². The molecular weight excluding hydrogens is 310 g/mol. The molecule has 0 aromatic carbocycles. The first kappa shape index (κ1) is 19.0. The van der Waals surface area contributed by atoms with Gasteiger partial charge in [-0.3, -0.25) is 4.79 Å². The predicted molar refractivity (Wildman–Crippen MR) is 89.7 cm³/mol. The lowest BCUT2D eigenvalue weighted by Crippen LogP contribution is -2.44. The second kappa shape index (κ2) is 7.72. The molecular formula is C18H31NO5. The summed E-state index contributed by atoms with van der Waals surface area (Å²) in [5, 5.41) is 0. The van der Waals surface area contributed by atoms with E-state index >= 15 is 0 Å². The highest BCUT2D eigenvalue weighted by Gasteiger charge is 2.37. The summed E-state index contributed by atoms with van der Waals surface area (Å²) >= 11 is 0. The van der Waals surface area contributed by atoms with Gasteiger partial charge in [0.2, 0.25) is 0 Å². The van der Waals surface area contributed by atoms with Crippen LogP contribution in [0.5, 0.6) is 0 Å². The summed E-state index contributed by atoms with van der Waals surface area (Å²) in [5.41, 5.74) is -0.925. The van der Waals surface area contributed by atoms with Gasteiger partial charge in [0.25, 0.3) is 0 Å². The highest BCUT2D eigenvalue weighted by atomic mass is 16.6. The van der Waals surface area contributed by atoms with Crippen molar-refractivity contribution in [1.29, 1.82) is 0 Å². The van der Waals surface area contributed by atoms with Gasteiger partial charge in [0.15, 0.2) is 0 Å². The lowest BCUT2D eigenvalue weighted by Gasteiger charge is -2.35. The number of hydrogen-bond acceptors (Lipinski definition) is 5. The summed E-state index contributed by atoms with van der Waals surface area (Å²) < 4.78 is 16.3. The molecule has 6 heteroatoms. The maximum absolute atomic E-state index is 12.4. The number of carbonyl (C=O) groups is 2. The van der Waals surface area contributed by atoms with Crippen molar-refractivity contribution in [1.82, 2.24) is 4.90 Å². The Kier molecular flexibility index (Phi) is 6.12. The van der Waals surface area contributed by atoms with Crippen LogP contribution in [0.25, 0.3) is 0 Å². The number of amides is 1. The zero-order chi connectivity index (χ0) is 17.8. The van der Waals surface area contributed by atoms with E-state index in [1.54, 1.807) is 4.90 Å². The van der Waals surface area contributed by atoms with Crippen LogP contribution in [0.4, 0.5) is 4.79 Å². The van der Waals surface area contributed by atoms with Crippen molar-refractivity contribution in [2.75, 3.05) is 32.9 Å². The molecule has 2 aliphatic heterocycles. The zero-order valence-corrected chi connectivity index (χ0v) is 15.4. The molecule has 0 aromatic rings. The Morgan fingerprint density at radius 2 is 1.92 bits per heavy atom. The van der Waals surface area contributed by atoms with Gasteiger partial charge >= 0.3 is 12.1 Å². The molecule has 1 atom stereocenters. The van der Waals surface area contributed by atoms with Crippen molar-refractivity contribution >= 4 is 12.1 Å². The number of hydrogen-bond donors (Lipinski definition) is 0. The molecule has 138 valence electrons. The SMILES string of the molecule is CC(C)(C)OC(=O)N1CCC[C@H](COC(=O)C2(C)CCOCC2)C1. The topological polar surface area (TPSA) is 65.1 Å². The number of nitrogens with zero attached hydrogens (tertiary/aromatic N) is 1. The van der Waals surface area contributed by atoms with Crippen LogP contribution in [0.2, 0.25) is 0 Å². The number of esters is 1. The summed E-state index contributed by atoms with van der Waals surface area (Å²) in [6.07, 6.45) is 3.01. The van der Waals surface area contributed by atoms with Crippen LogP contribution in [-0.4, -0.2) is 55.5 Å². The van der Waals surface area contributed by atoms with Crippen LogP contribution in [0.15, 0.2) is 0 Å². The summed E-state index contributed by atoms with van der Waals surface area (Å²) in [7, 11) is 0. The summed E-state index contributed by atoms with van der Waals surface area (Å²) in [5.74, 6) is 0.0406. The molecule has 1 amide bonds. The van der Waals surface area contributed by atoms with E-state index in [1.165, 1.54) is 0 Å². The lowest BCUT2D eigenvalue weighted by atomic mass is 9.82. The normalized spacial score (nSPS) is 24.3. The average Bonchev–Trinajstić information content (AvgIpc) is 2.52. The van der Waals surface area contributed by atoms with Gasteiger partial charge in [0.05, 0.1) is 12.0 Å². The third-order valence-electron chi connectivity index (χ3n) is 4.71. The highest BCUT2D eigenvalue weighted by molar-refractivity contribution is 5.76. The molecule has 6 nitrogen and oxygen atoms in total. The molecule has 0 bridgehead atoms. The van der Waals surface area contributed by atoms with Crippen LogP contribution in [0.3, 0.4) is 0 Å². The molecule has 0 radical (unpaired) electrons. The van der Waals surface area contributed by atoms with Crippen molar-refractivity contribution in [2.45, 2.75) is 59.0 Å². The molecule has 0 saturated carbocycles. The van der Waals surface area contributed by atoms with Crippen LogP contribution in [0.1, 0.15) is 53.4 Å². The van der Waals surface area contributed by atoms with Crippen LogP contribution in [0, 0.1) is 11.3 Å². The first-order valence-electron chi connectivity index (χ1n) is 8.92. The minimum absolute atomic E-state index is 0.139. The predicted octanol–water partition coefficient (Wildman–Crippen LogP) is 2.99. The Morgan fingerprint density at radius 3 is 2.54 bits per heavy atom. The van der Waals surface area contributed by atoms with Gasteiger partial charge in [0, 0.05) is 32.2 Å². The fraction of sp³-hybridized carbons (Fsp3) is 0.889. The Morgan fingerprint density at radius 1 is 1.25 bits per heavy atom. The van der Waals surface area contributed by atoms with Gasteiger partial charge in [0.1, 0.15) is 5.60 Å². The number of ether oxygens (including phenoxy) is 3. The van der Waals surface area contributed by atoms with Crippen molar-refractivity contribution < 1.29 is 23.8 Å². The van der Waals surface area contributed by atoms with Crippen molar-refractivity contribution in [3.05, 3.63) is 0 Å². The van der Waals surface area contributed by atoms with Gasteiger partial charge in [-0.25, -0.2) is 4.79 Å². The number of piperidine rings is 1. The largest absolute Gasteiger partial charge is 0.465 e. The van der Waals surface area contributed by atoms with E-state index in [0.29, 0.717) is 45.8 Å². The molecule has 2 aliphatic rings. The van der Waals surface area contributed by atoms with E-state index in [9.17, 15) is 9.59 Å². The Hall–Kier alpha value is -1.30. The van der Waals surface area contributed by atoms with Gasteiger partial charge < -0.3 is 19.1 Å². The van der Waals surface area contributed by atoms with Crippen LogP contribution >= 0.6 is 0 Å². The zero-order valence-electron chi connectivity index (χ0n) is 15.4. The minimum atomic E-state index is -0.492. The maximum atomic E-state index is 12.4. The van der Waals surface area contributed by atoms with Gasteiger partial charge in [-0.2, -0.15) is 0 Å². The number of carbonyl (C=O) groups excluding carboxylic acids is 2. The highest BCUT2D eigenvalue weighted by Crippen LogP contribution is 2.31. The van der Waals surface area contributed by atoms with Crippen molar-refractivity contribution in [2.24, 2.45) is 11.3 Å². The van der Waals surface area contributed by atoms with E-state index < -0.39 is 11.0 Å². The third kappa shape index (κ3) is 5.36. The van der Waals surface area contributed by atoms with Gasteiger partial charge in [-0.15, -0.1) is 0 Å². The fourth-order valence-electron chi connectivity index (χ4n) is 3.09. The Labute approximate surface area is 144 Å². The second-order valence-corrected chi connectivity index (χ2v) is 8.21. The van der Waals surface area contributed by atoms with E-state index in [2.05, 4.69) is 0 Å². The number of rotatable bonds is 3. The molecule has 2 heterocycles. The Bertz CT molecular complexity index is 451. The maximum Gasteiger partial charge on any atom is 0.410 e. The third-order valence-corrected chi connectivity index (χ3v) is 4.71. The summed E-state index contributed by atoms with van der Waals surface area (Å²) in [6, 6.07) is 0.